The molecule has 1 saturated heterocycles. The van der Waals surface area contributed by atoms with Crippen molar-refractivity contribution in [3.63, 3.8) is 0 Å². The van der Waals surface area contributed by atoms with E-state index < -0.39 is 0 Å². The highest BCUT2D eigenvalue weighted by molar-refractivity contribution is 8.18. The van der Waals surface area contributed by atoms with Gasteiger partial charge in [0.25, 0.3) is 11.1 Å². The molecule has 1 heterocycles. The van der Waals surface area contributed by atoms with Crippen molar-refractivity contribution in [2.24, 2.45) is 0 Å². The molecular weight excluding hydrogens is 418 g/mol. The van der Waals surface area contributed by atoms with Crippen molar-refractivity contribution in [3.05, 3.63) is 105 Å². The molecule has 6 heteroatoms. The number of hydrogen-bond donors (Lipinski definition) is 0. The quantitative estimate of drug-likeness (QED) is 0.435. The van der Waals surface area contributed by atoms with Crippen LogP contribution in [0.5, 0.6) is 5.75 Å². The fourth-order valence-corrected chi connectivity index (χ4v) is 4.06. The number of rotatable bonds is 6. The highest BCUT2D eigenvalue weighted by atomic mass is 35.5. The van der Waals surface area contributed by atoms with Gasteiger partial charge in [-0.15, -0.1) is 0 Å². The summed E-state index contributed by atoms with van der Waals surface area (Å²) in [4.78, 5) is 26.6. The van der Waals surface area contributed by atoms with Gasteiger partial charge in [0, 0.05) is 5.02 Å². The van der Waals surface area contributed by atoms with Crippen molar-refractivity contribution in [3.8, 4) is 5.75 Å². The molecule has 0 saturated carbocycles. The molecule has 0 atom stereocenters. The minimum absolute atomic E-state index is 0.253. The van der Waals surface area contributed by atoms with Gasteiger partial charge in [0.1, 0.15) is 12.4 Å². The minimum atomic E-state index is -0.268. The molecule has 3 aromatic rings. The first-order valence-electron chi connectivity index (χ1n) is 9.35. The number of benzene rings is 3. The van der Waals surface area contributed by atoms with Crippen molar-refractivity contribution in [2.45, 2.75) is 13.2 Å². The maximum atomic E-state index is 12.7. The summed E-state index contributed by atoms with van der Waals surface area (Å²) in [6, 6.07) is 24.4. The molecule has 4 rings (SSSR count). The number of imide groups is 1. The van der Waals surface area contributed by atoms with Crippen LogP contribution >= 0.6 is 23.4 Å². The van der Waals surface area contributed by atoms with Crippen molar-refractivity contribution in [1.29, 1.82) is 0 Å². The Morgan fingerprint density at radius 1 is 0.900 bits per heavy atom. The van der Waals surface area contributed by atoms with Crippen LogP contribution < -0.4 is 4.74 Å². The first-order chi connectivity index (χ1) is 14.6. The van der Waals surface area contributed by atoms with Crippen LogP contribution in [-0.2, 0) is 17.9 Å². The Morgan fingerprint density at radius 2 is 1.63 bits per heavy atom. The van der Waals surface area contributed by atoms with E-state index >= 15 is 0 Å². The van der Waals surface area contributed by atoms with Gasteiger partial charge in [-0.05, 0) is 58.8 Å². The molecule has 4 nitrogen and oxygen atoms in total. The zero-order chi connectivity index (χ0) is 20.9. The van der Waals surface area contributed by atoms with E-state index in [0.29, 0.717) is 22.3 Å². The van der Waals surface area contributed by atoms with Gasteiger partial charge >= 0.3 is 0 Å². The second-order valence-electron chi connectivity index (χ2n) is 6.74. The van der Waals surface area contributed by atoms with Crippen molar-refractivity contribution >= 4 is 40.6 Å². The van der Waals surface area contributed by atoms with Gasteiger partial charge in [-0.3, -0.25) is 14.5 Å². The molecule has 1 aliphatic heterocycles. The van der Waals surface area contributed by atoms with Gasteiger partial charge in [0.15, 0.2) is 0 Å². The molecular formula is C24H18ClNO3S. The van der Waals surface area contributed by atoms with Gasteiger partial charge in [-0.1, -0.05) is 66.2 Å². The summed E-state index contributed by atoms with van der Waals surface area (Å²) in [5.74, 6) is 0.444. The van der Waals surface area contributed by atoms with Gasteiger partial charge in [-0.2, -0.15) is 0 Å². The summed E-state index contributed by atoms with van der Waals surface area (Å²) < 4.78 is 5.78. The van der Waals surface area contributed by atoms with Crippen molar-refractivity contribution < 1.29 is 14.3 Å². The third-order valence-corrected chi connectivity index (χ3v) is 5.67. The largest absolute Gasteiger partial charge is 0.489 e. The van der Waals surface area contributed by atoms with E-state index in [9.17, 15) is 9.59 Å². The minimum Gasteiger partial charge on any atom is -0.489 e. The Hall–Kier alpha value is -3.02. The Kier molecular flexibility index (Phi) is 6.21. The standard InChI is InChI=1S/C24H18ClNO3S/c25-20-8-4-7-19(13-20)16-29-21-11-9-17(10-12-21)14-22-23(27)26(24(28)30-22)15-18-5-2-1-3-6-18/h1-14H,15-16H2/b22-14-. The number of carbonyl (C=O) groups excluding carboxylic acids is 2. The molecule has 1 fully saturated rings. The Balaban J connectivity index is 1.40. The molecule has 0 N–H and O–H groups in total. The number of hydrogen-bond acceptors (Lipinski definition) is 4. The van der Waals surface area contributed by atoms with Crippen LogP contribution in [0.1, 0.15) is 16.7 Å². The highest BCUT2D eigenvalue weighted by Gasteiger charge is 2.34. The molecule has 0 bridgehead atoms. The number of nitrogens with zero attached hydrogens (tertiary/aromatic N) is 1. The van der Waals surface area contributed by atoms with Gasteiger partial charge in [-0.25, -0.2) is 0 Å². The zero-order valence-electron chi connectivity index (χ0n) is 16.0. The second kappa shape index (κ2) is 9.20. The van der Waals surface area contributed by atoms with Crippen LogP contribution in [0.4, 0.5) is 4.79 Å². The summed E-state index contributed by atoms with van der Waals surface area (Å²) in [5, 5.41) is 0.421. The highest BCUT2D eigenvalue weighted by Crippen LogP contribution is 2.33. The predicted molar refractivity (Wildman–Crippen MR) is 120 cm³/mol. The number of amides is 2. The summed E-state index contributed by atoms with van der Waals surface area (Å²) >= 11 is 6.95. The third kappa shape index (κ3) is 4.93. The second-order valence-corrected chi connectivity index (χ2v) is 8.17. The first kappa shape index (κ1) is 20.3. The number of halogens is 1. The molecule has 0 unspecified atom stereocenters. The van der Waals surface area contributed by atoms with Gasteiger partial charge in [0.05, 0.1) is 11.4 Å². The smallest absolute Gasteiger partial charge is 0.293 e. The SMILES string of the molecule is O=C1S/C(=C\c2ccc(OCc3cccc(Cl)c3)cc2)C(=O)N1Cc1ccccc1. The maximum absolute atomic E-state index is 12.7. The number of ether oxygens (including phenoxy) is 1. The van der Waals surface area contributed by atoms with Crippen molar-refractivity contribution in [2.75, 3.05) is 0 Å². The van der Waals surface area contributed by atoms with E-state index in [1.54, 1.807) is 6.08 Å². The molecule has 0 spiro atoms. The number of thioether (sulfide) groups is 1. The maximum Gasteiger partial charge on any atom is 0.293 e. The number of carbonyl (C=O) groups is 2. The van der Waals surface area contributed by atoms with Crippen molar-refractivity contribution in [1.82, 2.24) is 4.90 Å². The zero-order valence-corrected chi connectivity index (χ0v) is 17.5. The van der Waals surface area contributed by atoms with Crippen LogP contribution in [0.15, 0.2) is 83.8 Å². The first-order valence-corrected chi connectivity index (χ1v) is 10.5. The summed E-state index contributed by atoms with van der Waals surface area (Å²) in [7, 11) is 0. The molecule has 2 amide bonds. The Bertz CT molecular complexity index is 1100. The Morgan fingerprint density at radius 3 is 2.37 bits per heavy atom. The molecule has 0 aromatic heterocycles. The lowest BCUT2D eigenvalue weighted by Gasteiger charge is -2.12. The predicted octanol–water partition coefficient (Wildman–Crippen LogP) is 6.16. The van der Waals surface area contributed by atoms with Crippen LogP contribution in [-0.4, -0.2) is 16.0 Å². The summed E-state index contributed by atoms with van der Waals surface area (Å²) in [5.41, 5.74) is 2.73. The van der Waals surface area contributed by atoms with E-state index in [0.717, 1.165) is 28.5 Å². The van der Waals surface area contributed by atoms with E-state index in [1.807, 2.05) is 78.9 Å². The van der Waals surface area contributed by atoms with Crippen LogP contribution in [0.25, 0.3) is 6.08 Å². The lowest BCUT2D eigenvalue weighted by atomic mass is 10.2. The fraction of sp³-hybridized carbons (Fsp3) is 0.0833. The lowest BCUT2D eigenvalue weighted by Crippen LogP contribution is -2.27. The summed E-state index contributed by atoms with van der Waals surface area (Å²) in [6.45, 7) is 0.692. The van der Waals surface area contributed by atoms with Gasteiger partial charge < -0.3 is 4.74 Å². The topological polar surface area (TPSA) is 46.6 Å². The summed E-state index contributed by atoms with van der Waals surface area (Å²) in [6.07, 6.45) is 1.73. The molecule has 30 heavy (non-hydrogen) atoms. The van der Waals surface area contributed by atoms with Crippen LogP contribution in [0, 0.1) is 0 Å². The third-order valence-electron chi connectivity index (χ3n) is 4.53. The molecule has 1 aliphatic rings. The molecule has 3 aromatic carbocycles. The average Bonchev–Trinajstić information content (AvgIpc) is 3.01. The van der Waals surface area contributed by atoms with Crippen LogP contribution in [0.2, 0.25) is 5.02 Å². The molecule has 0 radical (unpaired) electrons. The van der Waals surface area contributed by atoms with E-state index in [2.05, 4.69) is 0 Å². The monoisotopic (exact) mass is 435 g/mol. The molecule has 150 valence electrons. The normalized spacial score (nSPS) is 15.1. The van der Waals surface area contributed by atoms with E-state index in [1.165, 1.54) is 4.90 Å². The molecule has 0 aliphatic carbocycles. The average molecular weight is 436 g/mol. The Labute approximate surface area is 184 Å². The van der Waals surface area contributed by atoms with E-state index in [4.69, 9.17) is 16.3 Å². The van der Waals surface area contributed by atoms with E-state index in [-0.39, 0.29) is 17.7 Å². The lowest BCUT2D eigenvalue weighted by molar-refractivity contribution is -0.123. The fourth-order valence-electron chi connectivity index (χ4n) is 3.01. The van der Waals surface area contributed by atoms with Gasteiger partial charge in [0.2, 0.25) is 0 Å². The van der Waals surface area contributed by atoms with Crippen LogP contribution in [0.3, 0.4) is 0 Å².